The molecule has 48 heavy (non-hydrogen) atoms. The van der Waals surface area contributed by atoms with Crippen LogP contribution in [0.2, 0.25) is 0 Å². The first-order valence-electron chi connectivity index (χ1n) is 14.9. The molecule has 244 valence electrons. The van der Waals surface area contributed by atoms with Crippen LogP contribution in [-0.2, 0) is 29.9 Å². The molecule has 4 atom stereocenters. The summed E-state index contributed by atoms with van der Waals surface area (Å²) in [5, 5.41) is 8.15. The van der Waals surface area contributed by atoms with E-state index < -0.39 is 38.2 Å². The zero-order chi connectivity index (χ0) is 33.3. The van der Waals surface area contributed by atoms with E-state index in [1.165, 1.54) is 39.3 Å². The molecule has 0 bridgehead atoms. The lowest BCUT2D eigenvalue weighted by Gasteiger charge is -2.60. The smallest absolute Gasteiger partial charge is 0.346 e. The van der Waals surface area contributed by atoms with Crippen molar-refractivity contribution < 1.29 is 19.1 Å². The van der Waals surface area contributed by atoms with E-state index in [4.69, 9.17) is 4.74 Å². The highest BCUT2D eigenvalue weighted by atomic mass is 79.9. The summed E-state index contributed by atoms with van der Waals surface area (Å²) in [5.74, 6) is -0.946. The van der Waals surface area contributed by atoms with Crippen molar-refractivity contribution in [1.29, 1.82) is 0 Å². The van der Waals surface area contributed by atoms with Crippen LogP contribution in [-0.4, -0.2) is 54.3 Å². The Morgan fingerprint density at radius 2 is 1.71 bits per heavy atom. The number of nitrogens with zero attached hydrogens (tertiary/aromatic N) is 3. The Balaban J connectivity index is 1.23. The van der Waals surface area contributed by atoms with Crippen molar-refractivity contribution >= 4 is 94.9 Å². The Hall–Kier alpha value is -3.56. The van der Waals surface area contributed by atoms with E-state index in [1.807, 2.05) is 90.3 Å². The molecular formula is C34H27Br2N5O4S3. The lowest BCUT2D eigenvalue weighted by molar-refractivity contribution is -0.172. The number of halogens is 2. The number of alkyl halides is 2. The molecule has 2 N–H and O–H groups in total. The molecule has 3 aromatic heterocycles. The van der Waals surface area contributed by atoms with Crippen molar-refractivity contribution in [3.63, 3.8) is 0 Å². The summed E-state index contributed by atoms with van der Waals surface area (Å²) in [7, 11) is 0. The van der Waals surface area contributed by atoms with E-state index in [9.17, 15) is 14.4 Å². The molecule has 2 amide bonds. The largest absolute Gasteiger partial charge is 0.450 e. The van der Waals surface area contributed by atoms with Gasteiger partial charge in [0.1, 0.15) is 15.7 Å². The summed E-state index contributed by atoms with van der Waals surface area (Å²) >= 11 is 12.1. The summed E-state index contributed by atoms with van der Waals surface area (Å²) < 4.78 is 3.56. The lowest BCUT2D eigenvalue weighted by atomic mass is 9.91. The molecule has 14 heteroatoms. The normalized spacial score (nSPS) is 23.2. The SMILES string of the molecule is O=C(Cc1cccs1)NC1C(=O)N2C1SCC(Br)(c1cnc(Nc3cccnc3)s1)C2(Br)C(=O)OC(c1ccccc1)c1ccccc1. The van der Waals surface area contributed by atoms with Gasteiger partial charge in [0.05, 0.1) is 18.3 Å². The number of nitrogens with one attached hydrogen (secondary N) is 2. The van der Waals surface area contributed by atoms with E-state index >= 15 is 0 Å². The van der Waals surface area contributed by atoms with Crippen molar-refractivity contribution in [3.05, 3.63) is 130 Å². The zero-order valence-electron chi connectivity index (χ0n) is 25.0. The molecule has 5 heterocycles. The Morgan fingerprint density at radius 1 is 0.979 bits per heavy atom. The van der Waals surface area contributed by atoms with Crippen LogP contribution in [0.3, 0.4) is 0 Å². The summed E-state index contributed by atoms with van der Waals surface area (Å²) in [6.45, 7) is 0. The van der Waals surface area contributed by atoms with Gasteiger partial charge in [0.2, 0.25) is 10.4 Å². The number of β-lactam (4-membered cyclic amide) rings is 1. The molecule has 4 unspecified atom stereocenters. The number of ether oxygens (including phenoxy) is 1. The summed E-state index contributed by atoms with van der Waals surface area (Å²) in [5.41, 5.74) is 2.33. The minimum Gasteiger partial charge on any atom is -0.450 e. The van der Waals surface area contributed by atoms with Crippen LogP contribution in [0.1, 0.15) is 27.0 Å². The maximum Gasteiger partial charge on any atom is 0.346 e. The molecule has 5 aromatic rings. The third kappa shape index (κ3) is 6.09. The van der Waals surface area contributed by atoms with Crippen LogP contribution in [0, 0.1) is 0 Å². The minimum absolute atomic E-state index is 0.173. The van der Waals surface area contributed by atoms with Gasteiger partial charge in [-0.15, -0.1) is 34.4 Å². The van der Waals surface area contributed by atoms with Crippen LogP contribution in [0.25, 0.3) is 0 Å². The number of carbonyl (C=O) groups is 3. The van der Waals surface area contributed by atoms with Crippen molar-refractivity contribution in [2.24, 2.45) is 0 Å². The number of aromatic nitrogens is 2. The standard InChI is InChI=1S/C34H27Br2N5O4S3/c35-33(25-19-38-32(48-25)39-23-13-7-15-37-18-23)20-47-30-27(40-26(42)17-24-14-8-16-46-24)29(43)41(30)34(33,36)31(44)45-28(21-9-3-1-4-10-21)22-11-5-2-6-12-22/h1-16,18-19,27-28,30H,17,20H2,(H,38,39)(H,40,42). The number of amides is 2. The van der Waals surface area contributed by atoms with Crippen molar-refractivity contribution in [2.45, 2.75) is 32.7 Å². The first-order chi connectivity index (χ1) is 23.3. The first-order valence-corrected chi connectivity index (χ1v) is 19.2. The maximum absolute atomic E-state index is 14.8. The van der Waals surface area contributed by atoms with Gasteiger partial charge in [-0.25, -0.2) is 9.78 Å². The second kappa shape index (κ2) is 13.7. The number of rotatable bonds is 10. The molecule has 2 aliphatic rings. The maximum atomic E-state index is 14.8. The fraction of sp³-hybridized carbons (Fsp3) is 0.206. The van der Waals surface area contributed by atoms with Gasteiger partial charge in [-0.1, -0.05) is 82.7 Å². The number of fused-ring (bicyclic) bond motifs is 1. The number of carbonyl (C=O) groups excluding carboxylic acids is 3. The summed E-state index contributed by atoms with van der Waals surface area (Å²) in [6, 6.07) is 25.6. The fourth-order valence-electron chi connectivity index (χ4n) is 5.72. The molecule has 7 rings (SSSR count). The van der Waals surface area contributed by atoms with Gasteiger partial charge in [-0.05, 0) is 50.6 Å². The second-order valence-corrected chi connectivity index (χ2v) is 16.8. The van der Waals surface area contributed by atoms with Gasteiger partial charge in [-0.2, -0.15) is 0 Å². The number of thiophene rings is 1. The number of thioether (sulfide) groups is 1. The highest BCUT2D eigenvalue weighted by Gasteiger charge is 2.72. The number of esters is 1. The molecule has 0 aliphatic carbocycles. The van der Waals surface area contributed by atoms with E-state index in [0.29, 0.717) is 15.8 Å². The number of hydrogen-bond donors (Lipinski definition) is 2. The third-order valence-electron chi connectivity index (χ3n) is 8.09. The van der Waals surface area contributed by atoms with Gasteiger partial charge in [0.15, 0.2) is 11.2 Å². The Kier molecular flexibility index (Phi) is 9.44. The minimum atomic E-state index is -1.71. The molecule has 0 spiro atoms. The molecular weight excluding hydrogens is 798 g/mol. The van der Waals surface area contributed by atoms with E-state index in [-0.39, 0.29) is 12.3 Å². The van der Waals surface area contributed by atoms with Gasteiger partial charge in [-0.3, -0.25) is 19.5 Å². The molecule has 2 aromatic carbocycles. The van der Waals surface area contributed by atoms with Crippen LogP contribution in [0.5, 0.6) is 0 Å². The van der Waals surface area contributed by atoms with Crippen LogP contribution < -0.4 is 10.6 Å². The molecule has 2 aliphatic heterocycles. The average molecular weight is 826 g/mol. The molecule has 2 saturated heterocycles. The van der Waals surface area contributed by atoms with Crippen LogP contribution in [0.4, 0.5) is 10.8 Å². The number of pyridine rings is 1. The predicted molar refractivity (Wildman–Crippen MR) is 196 cm³/mol. The number of anilines is 2. The monoisotopic (exact) mass is 823 g/mol. The lowest BCUT2D eigenvalue weighted by Crippen LogP contribution is -2.81. The zero-order valence-corrected chi connectivity index (χ0v) is 30.6. The van der Waals surface area contributed by atoms with Gasteiger partial charge in [0, 0.05) is 27.9 Å². The van der Waals surface area contributed by atoms with Crippen LogP contribution in [0.15, 0.2) is 109 Å². The topological polar surface area (TPSA) is 114 Å². The Bertz CT molecular complexity index is 1880. The first kappa shape index (κ1) is 33.0. The molecule has 2 fully saturated rings. The van der Waals surface area contributed by atoms with E-state index in [0.717, 1.165) is 21.7 Å². The molecule has 0 radical (unpaired) electrons. The highest BCUT2D eigenvalue weighted by Crippen LogP contribution is 2.61. The molecule has 0 saturated carbocycles. The molecule has 9 nitrogen and oxygen atoms in total. The van der Waals surface area contributed by atoms with Crippen molar-refractivity contribution in [3.8, 4) is 0 Å². The average Bonchev–Trinajstić information content (AvgIpc) is 3.81. The van der Waals surface area contributed by atoms with E-state index in [1.54, 1.807) is 18.6 Å². The fourth-order valence-corrected chi connectivity index (χ4v) is 11.4. The highest BCUT2D eigenvalue weighted by molar-refractivity contribution is 9.13. The summed E-state index contributed by atoms with van der Waals surface area (Å²) in [4.78, 5) is 53.7. The second-order valence-electron chi connectivity index (χ2n) is 11.1. The van der Waals surface area contributed by atoms with Gasteiger partial charge >= 0.3 is 5.97 Å². The van der Waals surface area contributed by atoms with Crippen molar-refractivity contribution in [1.82, 2.24) is 20.2 Å². The Labute approximate surface area is 305 Å². The van der Waals surface area contributed by atoms with Gasteiger partial charge in [0.25, 0.3) is 5.91 Å². The third-order valence-corrected chi connectivity index (χ3v) is 15.3. The quantitative estimate of drug-likeness (QED) is 0.0671. The van der Waals surface area contributed by atoms with Crippen molar-refractivity contribution in [2.75, 3.05) is 11.1 Å². The number of benzene rings is 2. The Morgan fingerprint density at radius 3 is 2.35 bits per heavy atom. The van der Waals surface area contributed by atoms with Crippen LogP contribution >= 0.6 is 66.3 Å². The number of hydrogen-bond acceptors (Lipinski definition) is 10. The number of thiazole rings is 1. The van der Waals surface area contributed by atoms with Gasteiger partial charge < -0.3 is 15.4 Å². The summed E-state index contributed by atoms with van der Waals surface area (Å²) in [6.07, 6.45) is 4.50. The van der Waals surface area contributed by atoms with E-state index in [2.05, 4.69) is 52.5 Å². The predicted octanol–water partition coefficient (Wildman–Crippen LogP) is 7.00.